The van der Waals surface area contributed by atoms with E-state index >= 15 is 0 Å². The molecule has 0 spiro atoms. The Morgan fingerprint density at radius 2 is 1.86 bits per heavy atom. The number of carbonyl (C=O) groups excluding carboxylic acids is 2. The van der Waals surface area contributed by atoms with Crippen molar-refractivity contribution < 1.29 is 14.3 Å². The summed E-state index contributed by atoms with van der Waals surface area (Å²) in [4.78, 5) is 22.2. The van der Waals surface area contributed by atoms with Gasteiger partial charge in [-0.2, -0.15) is 0 Å². The van der Waals surface area contributed by atoms with Crippen molar-refractivity contribution in [1.29, 1.82) is 0 Å². The summed E-state index contributed by atoms with van der Waals surface area (Å²) in [5.74, 6) is -0.560. The predicted octanol–water partition coefficient (Wildman–Crippen LogP) is 1.24. The van der Waals surface area contributed by atoms with Gasteiger partial charge in [-0.1, -0.05) is 13.8 Å². The van der Waals surface area contributed by atoms with Crippen LogP contribution in [0.4, 0.5) is 0 Å². The first-order chi connectivity index (χ1) is 6.51. The molecule has 0 heterocycles. The number of rotatable bonds is 5. The quantitative estimate of drug-likeness (QED) is 0.681. The summed E-state index contributed by atoms with van der Waals surface area (Å²) in [5.41, 5.74) is 0. The molecule has 2 unspecified atom stereocenters. The first kappa shape index (κ1) is 12.9. The highest BCUT2D eigenvalue weighted by atomic mass is 16.5. The van der Waals surface area contributed by atoms with Crippen LogP contribution in [0.25, 0.3) is 0 Å². The lowest BCUT2D eigenvalue weighted by atomic mass is 10.2. The molecule has 1 amide bonds. The normalized spacial score (nSPS) is 14.3. The van der Waals surface area contributed by atoms with Gasteiger partial charge in [-0.25, -0.2) is 4.79 Å². The Kier molecular flexibility index (Phi) is 5.92. The van der Waals surface area contributed by atoms with Crippen LogP contribution < -0.4 is 5.32 Å². The van der Waals surface area contributed by atoms with Crippen LogP contribution in [0.2, 0.25) is 0 Å². The fraction of sp³-hybridized carbons (Fsp3) is 0.800. The number of nitrogens with one attached hydrogen (secondary N) is 1. The summed E-state index contributed by atoms with van der Waals surface area (Å²) in [5, 5.41) is 2.55. The molecule has 4 nitrogen and oxygen atoms in total. The Labute approximate surface area is 85.0 Å². The van der Waals surface area contributed by atoms with Gasteiger partial charge in [-0.3, -0.25) is 4.79 Å². The van der Waals surface area contributed by atoms with Gasteiger partial charge in [-0.15, -0.1) is 0 Å². The van der Waals surface area contributed by atoms with E-state index in [1.807, 2.05) is 20.8 Å². The van der Waals surface area contributed by atoms with Gasteiger partial charge in [0.1, 0.15) is 6.04 Å². The highest BCUT2D eigenvalue weighted by molar-refractivity contribution is 5.83. The van der Waals surface area contributed by atoms with E-state index in [4.69, 9.17) is 4.74 Å². The maximum absolute atomic E-state index is 11.4. The summed E-state index contributed by atoms with van der Waals surface area (Å²) < 4.78 is 5.10. The van der Waals surface area contributed by atoms with Crippen molar-refractivity contribution in [3.63, 3.8) is 0 Å². The van der Waals surface area contributed by atoms with Gasteiger partial charge in [0.05, 0.1) is 6.10 Å². The molecule has 0 aliphatic heterocycles. The fourth-order valence-electron chi connectivity index (χ4n) is 0.937. The van der Waals surface area contributed by atoms with Crippen molar-refractivity contribution in [3.8, 4) is 0 Å². The molecule has 4 heteroatoms. The SMILES string of the molecule is CCC(C)OC(=O)C(CC)NC(C)=O. The lowest BCUT2D eigenvalue weighted by Crippen LogP contribution is -2.41. The summed E-state index contributed by atoms with van der Waals surface area (Å²) >= 11 is 0. The molecular formula is C10H19NO3. The van der Waals surface area contributed by atoms with Gasteiger partial charge in [0.2, 0.25) is 5.91 Å². The lowest BCUT2D eigenvalue weighted by molar-refractivity contribution is -0.152. The van der Waals surface area contributed by atoms with Crippen LogP contribution in [0.5, 0.6) is 0 Å². The highest BCUT2D eigenvalue weighted by Crippen LogP contribution is 2.01. The van der Waals surface area contributed by atoms with Crippen molar-refractivity contribution in [2.45, 2.75) is 52.7 Å². The molecule has 0 bridgehead atoms. The van der Waals surface area contributed by atoms with Gasteiger partial charge in [0.25, 0.3) is 0 Å². The molecule has 0 rings (SSSR count). The van der Waals surface area contributed by atoms with E-state index in [1.54, 1.807) is 0 Å². The van der Waals surface area contributed by atoms with E-state index < -0.39 is 6.04 Å². The van der Waals surface area contributed by atoms with Crippen LogP contribution >= 0.6 is 0 Å². The number of esters is 1. The van der Waals surface area contributed by atoms with Crippen molar-refractivity contribution in [2.24, 2.45) is 0 Å². The first-order valence-electron chi connectivity index (χ1n) is 4.98. The van der Waals surface area contributed by atoms with Gasteiger partial charge in [0.15, 0.2) is 0 Å². The minimum atomic E-state index is -0.513. The third-order valence-corrected chi connectivity index (χ3v) is 1.96. The van der Waals surface area contributed by atoms with Crippen LogP contribution in [-0.4, -0.2) is 24.0 Å². The maximum atomic E-state index is 11.4. The smallest absolute Gasteiger partial charge is 0.328 e. The lowest BCUT2D eigenvalue weighted by Gasteiger charge is -2.17. The molecule has 0 aromatic rings. The summed E-state index contributed by atoms with van der Waals surface area (Å²) in [6.45, 7) is 6.99. The molecule has 0 aromatic heterocycles. The van der Waals surface area contributed by atoms with Crippen LogP contribution in [0, 0.1) is 0 Å². The van der Waals surface area contributed by atoms with Crippen molar-refractivity contribution in [3.05, 3.63) is 0 Å². The molecular weight excluding hydrogens is 182 g/mol. The summed E-state index contributed by atoms with van der Waals surface area (Å²) in [6, 6.07) is -0.513. The molecule has 0 radical (unpaired) electrons. The Bertz CT molecular complexity index is 204. The van der Waals surface area contributed by atoms with Crippen LogP contribution in [0.1, 0.15) is 40.5 Å². The minimum absolute atomic E-state index is 0.0923. The van der Waals surface area contributed by atoms with Gasteiger partial charge < -0.3 is 10.1 Å². The Morgan fingerprint density at radius 3 is 2.21 bits per heavy atom. The molecule has 0 saturated carbocycles. The van der Waals surface area contributed by atoms with E-state index in [-0.39, 0.29) is 18.0 Å². The van der Waals surface area contributed by atoms with E-state index in [0.29, 0.717) is 6.42 Å². The average Bonchev–Trinajstić information content (AvgIpc) is 2.13. The molecule has 1 N–H and O–H groups in total. The number of hydrogen-bond donors (Lipinski definition) is 1. The predicted molar refractivity (Wildman–Crippen MR) is 53.7 cm³/mol. The zero-order chi connectivity index (χ0) is 11.1. The molecule has 0 aromatic carbocycles. The van der Waals surface area contributed by atoms with Crippen LogP contribution in [0.15, 0.2) is 0 Å². The fourth-order valence-corrected chi connectivity index (χ4v) is 0.937. The third kappa shape index (κ3) is 4.84. The Balaban J connectivity index is 4.10. The molecule has 0 saturated heterocycles. The molecule has 0 aliphatic carbocycles. The van der Waals surface area contributed by atoms with Crippen molar-refractivity contribution in [1.82, 2.24) is 5.32 Å². The van der Waals surface area contributed by atoms with E-state index in [2.05, 4.69) is 5.32 Å². The largest absolute Gasteiger partial charge is 0.461 e. The third-order valence-electron chi connectivity index (χ3n) is 1.96. The van der Waals surface area contributed by atoms with E-state index in [0.717, 1.165) is 6.42 Å². The zero-order valence-corrected chi connectivity index (χ0v) is 9.29. The second-order valence-electron chi connectivity index (χ2n) is 3.32. The zero-order valence-electron chi connectivity index (χ0n) is 9.29. The number of amides is 1. The molecule has 0 aliphatic rings. The number of hydrogen-bond acceptors (Lipinski definition) is 3. The molecule has 82 valence electrons. The van der Waals surface area contributed by atoms with E-state index in [9.17, 15) is 9.59 Å². The molecule has 2 atom stereocenters. The Morgan fingerprint density at radius 1 is 1.29 bits per heavy atom. The summed E-state index contributed by atoms with van der Waals surface area (Å²) in [7, 11) is 0. The molecule has 0 fully saturated rings. The van der Waals surface area contributed by atoms with Gasteiger partial charge >= 0.3 is 5.97 Å². The van der Waals surface area contributed by atoms with E-state index in [1.165, 1.54) is 6.92 Å². The molecule has 14 heavy (non-hydrogen) atoms. The minimum Gasteiger partial charge on any atom is -0.461 e. The van der Waals surface area contributed by atoms with Crippen molar-refractivity contribution >= 4 is 11.9 Å². The topological polar surface area (TPSA) is 55.4 Å². The monoisotopic (exact) mass is 201 g/mol. The first-order valence-corrected chi connectivity index (χ1v) is 4.98. The van der Waals surface area contributed by atoms with Gasteiger partial charge in [0, 0.05) is 6.92 Å². The second kappa shape index (κ2) is 6.40. The number of ether oxygens (including phenoxy) is 1. The van der Waals surface area contributed by atoms with Crippen molar-refractivity contribution in [2.75, 3.05) is 0 Å². The highest BCUT2D eigenvalue weighted by Gasteiger charge is 2.20. The summed E-state index contributed by atoms with van der Waals surface area (Å²) in [6.07, 6.45) is 1.24. The number of carbonyl (C=O) groups is 2. The van der Waals surface area contributed by atoms with Crippen LogP contribution in [0.3, 0.4) is 0 Å². The maximum Gasteiger partial charge on any atom is 0.328 e. The van der Waals surface area contributed by atoms with Crippen LogP contribution in [-0.2, 0) is 14.3 Å². The standard InChI is InChI=1S/C10H19NO3/c1-5-7(3)14-10(13)9(6-2)11-8(4)12/h7,9H,5-6H2,1-4H3,(H,11,12). The average molecular weight is 201 g/mol. The second-order valence-corrected chi connectivity index (χ2v) is 3.32. The Hall–Kier alpha value is -1.06. The van der Waals surface area contributed by atoms with Gasteiger partial charge in [-0.05, 0) is 19.8 Å².